The van der Waals surface area contributed by atoms with Gasteiger partial charge in [-0.15, -0.1) is 0 Å². The predicted octanol–water partition coefficient (Wildman–Crippen LogP) is 22.4. The molecule has 0 aliphatic heterocycles. The second-order valence-electron chi connectivity index (χ2n) is 21.3. The Morgan fingerprint density at radius 3 is 0.833 bits per heavy atom. The number of ether oxygens (including phenoxy) is 3. The first kappa shape index (κ1) is 73.8. The number of hydrogen-bond donors (Lipinski definition) is 0. The van der Waals surface area contributed by atoms with Crippen LogP contribution in [0.3, 0.4) is 0 Å². The smallest absolute Gasteiger partial charge is 0.306 e. The molecule has 0 spiro atoms. The zero-order valence-electron chi connectivity index (χ0n) is 50.9. The molecule has 6 heteroatoms. The average molecular weight is 1080 g/mol. The standard InChI is InChI=1S/C72H120O6/c1-4-7-10-13-16-19-22-25-28-31-33-34-35-36-37-38-39-42-44-47-50-53-56-59-62-65-71(74)77-68-69(67-76-70(73)64-61-58-55-52-49-46-43-40-30-27-24-21-18-15-12-9-6-3)78-72(75)66-63-60-57-54-51-48-45-41-32-29-26-23-20-17-14-11-8-5-2/h7,10,16,18-19,21,25,27-30,32-34,36-37,39,42,47,50,69H,4-6,8-9,11-15,17,20,22-24,26,31,35,38,40-41,43-46,48-49,51-68H2,1-3H3/b10-7-,19-16-,21-18-,28-25-,30-27-,32-29-,34-33-,37-36-,42-39-,50-47-. The zero-order chi connectivity index (χ0) is 56.4. The molecule has 0 aliphatic rings. The number of rotatable bonds is 58. The van der Waals surface area contributed by atoms with Crippen molar-refractivity contribution in [3.05, 3.63) is 122 Å². The molecule has 0 radical (unpaired) electrons. The summed E-state index contributed by atoms with van der Waals surface area (Å²) in [7, 11) is 0. The molecule has 1 unspecified atom stereocenters. The molecule has 0 saturated carbocycles. The first-order chi connectivity index (χ1) is 38.5. The Morgan fingerprint density at radius 2 is 0.500 bits per heavy atom. The third-order valence-electron chi connectivity index (χ3n) is 13.7. The Hall–Kier alpha value is -4.19. The number of carbonyl (C=O) groups is 3. The van der Waals surface area contributed by atoms with Crippen molar-refractivity contribution >= 4 is 17.9 Å². The number of carbonyl (C=O) groups excluding carboxylic acids is 3. The lowest BCUT2D eigenvalue weighted by Gasteiger charge is -2.18. The fourth-order valence-electron chi connectivity index (χ4n) is 8.80. The number of unbranched alkanes of at least 4 members (excludes halogenated alkanes) is 27. The second-order valence-corrected chi connectivity index (χ2v) is 21.3. The van der Waals surface area contributed by atoms with Crippen molar-refractivity contribution in [3.63, 3.8) is 0 Å². The Bertz CT molecular complexity index is 1620. The number of hydrogen-bond acceptors (Lipinski definition) is 6. The minimum Gasteiger partial charge on any atom is -0.462 e. The monoisotopic (exact) mass is 1080 g/mol. The largest absolute Gasteiger partial charge is 0.462 e. The summed E-state index contributed by atoms with van der Waals surface area (Å²) in [6.45, 7) is 6.48. The van der Waals surface area contributed by atoms with Crippen molar-refractivity contribution in [3.8, 4) is 0 Å². The maximum absolute atomic E-state index is 12.9. The van der Waals surface area contributed by atoms with Gasteiger partial charge in [-0.25, -0.2) is 0 Å². The van der Waals surface area contributed by atoms with E-state index in [9.17, 15) is 14.4 Å². The van der Waals surface area contributed by atoms with Crippen LogP contribution in [0.2, 0.25) is 0 Å². The van der Waals surface area contributed by atoms with Crippen molar-refractivity contribution in [1.29, 1.82) is 0 Å². The van der Waals surface area contributed by atoms with Crippen LogP contribution in [-0.4, -0.2) is 37.2 Å². The molecule has 0 aromatic rings. The summed E-state index contributed by atoms with van der Waals surface area (Å²) in [4.78, 5) is 38.4. The summed E-state index contributed by atoms with van der Waals surface area (Å²) in [6.07, 6.45) is 90.5. The molecule has 1 atom stereocenters. The van der Waals surface area contributed by atoms with Gasteiger partial charge in [-0.1, -0.05) is 264 Å². The van der Waals surface area contributed by atoms with Gasteiger partial charge in [0.1, 0.15) is 13.2 Å². The first-order valence-electron chi connectivity index (χ1n) is 32.5. The van der Waals surface area contributed by atoms with Crippen LogP contribution in [-0.2, 0) is 28.6 Å². The van der Waals surface area contributed by atoms with Gasteiger partial charge in [-0.05, 0) is 135 Å². The van der Waals surface area contributed by atoms with Crippen molar-refractivity contribution in [2.45, 2.75) is 303 Å². The van der Waals surface area contributed by atoms with E-state index < -0.39 is 6.10 Å². The van der Waals surface area contributed by atoms with Crippen molar-refractivity contribution < 1.29 is 28.6 Å². The van der Waals surface area contributed by atoms with Crippen LogP contribution in [0.1, 0.15) is 297 Å². The van der Waals surface area contributed by atoms with Crippen LogP contribution in [0.5, 0.6) is 0 Å². The highest BCUT2D eigenvalue weighted by molar-refractivity contribution is 5.71. The fourth-order valence-corrected chi connectivity index (χ4v) is 8.80. The highest BCUT2D eigenvalue weighted by Gasteiger charge is 2.19. The fraction of sp³-hybridized carbons (Fsp3) is 0.681. The summed E-state index contributed by atoms with van der Waals surface area (Å²) in [6, 6.07) is 0. The Balaban J connectivity index is 4.47. The summed E-state index contributed by atoms with van der Waals surface area (Å²) in [5, 5.41) is 0. The van der Waals surface area contributed by atoms with Crippen LogP contribution < -0.4 is 0 Å². The molecule has 0 aromatic carbocycles. The summed E-state index contributed by atoms with van der Waals surface area (Å²) in [5.74, 6) is -0.936. The Kier molecular flexibility index (Phi) is 61.8. The van der Waals surface area contributed by atoms with Gasteiger partial charge in [0.2, 0.25) is 0 Å². The van der Waals surface area contributed by atoms with E-state index in [0.717, 1.165) is 122 Å². The molecule has 444 valence electrons. The lowest BCUT2D eigenvalue weighted by atomic mass is 10.1. The third kappa shape index (κ3) is 62.7. The second kappa shape index (κ2) is 65.3. The van der Waals surface area contributed by atoms with Crippen LogP contribution >= 0.6 is 0 Å². The Labute approximate surface area is 482 Å². The summed E-state index contributed by atoms with van der Waals surface area (Å²) >= 11 is 0. The highest BCUT2D eigenvalue weighted by Crippen LogP contribution is 2.15. The van der Waals surface area contributed by atoms with Crippen LogP contribution in [0, 0.1) is 0 Å². The SMILES string of the molecule is CC/C=C\C/C=C\C/C=C\C/C=C\C/C=C\C/C=C\C/C=C\CCCCCC(=O)OCC(COC(=O)CCCCCCCCC/C=C\C/C=C\CCCCC)OC(=O)CCCCCCCCC/C=C\CCCCCCCCC. The Morgan fingerprint density at radius 1 is 0.269 bits per heavy atom. The van der Waals surface area contributed by atoms with Gasteiger partial charge in [0.15, 0.2) is 6.10 Å². The van der Waals surface area contributed by atoms with Crippen LogP contribution in [0.25, 0.3) is 0 Å². The number of esters is 3. The van der Waals surface area contributed by atoms with E-state index in [1.807, 2.05) is 0 Å². The molecule has 0 heterocycles. The predicted molar refractivity (Wildman–Crippen MR) is 339 cm³/mol. The maximum Gasteiger partial charge on any atom is 0.306 e. The average Bonchev–Trinajstić information content (AvgIpc) is 3.44. The molecular weight excluding hydrogens is 961 g/mol. The van der Waals surface area contributed by atoms with E-state index in [-0.39, 0.29) is 31.1 Å². The van der Waals surface area contributed by atoms with Gasteiger partial charge in [-0.3, -0.25) is 14.4 Å². The molecule has 0 amide bonds. The molecule has 0 rings (SSSR count). The van der Waals surface area contributed by atoms with Crippen molar-refractivity contribution in [2.75, 3.05) is 13.2 Å². The molecule has 0 saturated heterocycles. The first-order valence-corrected chi connectivity index (χ1v) is 32.5. The molecule has 0 aliphatic carbocycles. The van der Waals surface area contributed by atoms with Gasteiger partial charge >= 0.3 is 17.9 Å². The maximum atomic E-state index is 12.9. The van der Waals surface area contributed by atoms with Crippen molar-refractivity contribution in [2.24, 2.45) is 0 Å². The topological polar surface area (TPSA) is 78.9 Å². The number of allylic oxidation sites excluding steroid dienone is 20. The lowest BCUT2D eigenvalue weighted by molar-refractivity contribution is -0.167. The summed E-state index contributed by atoms with van der Waals surface area (Å²) in [5.41, 5.74) is 0. The molecule has 78 heavy (non-hydrogen) atoms. The van der Waals surface area contributed by atoms with Gasteiger partial charge in [0, 0.05) is 19.3 Å². The van der Waals surface area contributed by atoms with E-state index in [1.54, 1.807) is 0 Å². The third-order valence-corrected chi connectivity index (χ3v) is 13.7. The highest BCUT2D eigenvalue weighted by atomic mass is 16.6. The van der Waals surface area contributed by atoms with Gasteiger partial charge in [0.25, 0.3) is 0 Å². The zero-order valence-corrected chi connectivity index (χ0v) is 50.9. The molecule has 0 bridgehead atoms. The van der Waals surface area contributed by atoms with E-state index in [2.05, 4.69) is 142 Å². The van der Waals surface area contributed by atoms with Crippen LogP contribution in [0.15, 0.2) is 122 Å². The molecular formula is C72H120O6. The van der Waals surface area contributed by atoms with Crippen LogP contribution in [0.4, 0.5) is 0 Å². The quantitative estimate of drug-likeness (QED) is 0.0261. The molecule has 6 nitrogen and oxygen atoms in total. The van der Waals surface area contributed by atoms with E-state index in [0.29, 0.717) is 19.3 Å². The minimum absolute atomic E-state index is 0.0965. The minimum atomic E-state index is -0.803. The van der Waals surface area contributed by atoms with E-state index >= 15 is 0 Å². The summed E-state index contributed by atoms with van der Waals surface area (Å²) < 4.78 is 16.9. The van der Waals surface area contributed by atoms with E-state index in [4.69, 9.17) is 14.2 Å². The van der Waals surface area contributed by atoms with Crippen molar-refractivity contribution in [1.82, 2.24) is 0 Å². The van der Waals surface area contributed by atoms with E-state index in [1.165, 1.54) is 135 Å². The molecule has 0 aromatic heterocycles. The van der Waals surface area contributed by atoms with Gasteiger partial charge < -0.3 is 14.2 Å². The lowest BCUT2D eigenvalue weighted by Crippen LogP contribution is -2.30. The normalized spacial score (nSPS) is 12.9. The molecule has 0 N–H and O–H groups in total. The molecule has 0 fully saturated rings. The van der Waals surface area contributed by atoms with Gasteiger partial charge in [-0.2, -0.15) is 0 Å². The van der Waals surface area contributed by atoms with Gasteiger partial charge in [0.05, 0.1) is 0 Å².